The van der Waals surface area contributed by atoms with Crippen LogP contribution in [-0.2, 0) is 24.2 Å². The zero-order valence-corrected chi connectivity index (χ0v) is 18.4. The van der Waals surface area contributed by atoms with E-state index >= 15 is 0 Å². The average Bonchev–Trinajstić information content (AvgIpc) is 3.17. The van der Waals surface area contributed by atoms with Gasteiger partial charge in [-0.25, -0.2) is 0 Å². The molecule has 1 saturated carbocycles. The molecule has 2 aromatic carbocycles. The van der Waals surface area contributed by atoms with E-state index in [1.54, 1.807) is 0 Å². The van der Waals surface area contributed by atoms with E-state index in [0.717, 1.165) is 55.2 Å². The summed E-state index contributed by atoms with van der Waals surface area (Å²) >= 11 is 6.52. The standard InChI is InChI=1S/C25H32ClN3O/c26-23-12-9-19-13-15-27-16-14-22(19)24(23)28-17-18-7-10-21(11-8-18)29-25(30)20-5-3-1-2-4-6-20/h7-12,20,27-28H,1-6,13-17H2,(H,29,30). The van der Waals surface area contributed by atoms with E-state index in [1.165, 1.54) is 42.4 Å². The quantitative estimate of drug-likeness (QED) is 0.550. The maximum Gasteiger partial charge on any atom is 0.227 e. The Bertz CT molecular complexity index is 857. The van der Waals surface area contributed by atoms with Crippen molar-refractivity contribution in [2.45, 2.75) is 57.9 Å². The lowest BCUT2D eigenvalue weighted by Gasteiger charge is -2.17. The topological polar surface area (TPSA) is 53.2 Å². The highest BCUT2D eigenvalue weighted by molar-refractivity contribution is 6.33. The number of amides is 1. The first-order valence-electron chi connectivity index (χ1n) is 11.4. The third-order valence-electron chi connectivity index (χ3n) is 6.40. The summed E-state index contributed by atoms with van der Waals surface area (Å²) in [5.74, 6) is 0.342. The van der Waals surface area contributed by atoms with E-state index in [4.69, 9.17) is 11.6 Å². The molecule has 2 aromatic rings. The second-order valence-electron chi connectivity index (χ2n) is 8.54. The molecule has 0 unspecified atom stereocenters. The molecule has 1 heterocycles. The van der Waals surface area contributed by atoms with E-state index in [0.29, 0.717) is 6.54 Å². The molecule has 0 atom stereocenters. The van der Waals surface area contributed by atoms with Gasteiger partial charge in [0.25, 0.3) is 0 Å². The van der Waals surface area contributed by atoms with E-state index in [1.807, 2.05) is 18.2 Å². The summed E-state index contributed by atoms with van der Waals surface area (Å²) < 4.78 is 0. The first-order chi connectivity index (χ1) is 14.7. The highest BCUT2D eigenvalue weighted by Crippen LogP contribution is 2.31. The van der Waals surface area contributed by atoms with Crippen molar-refractivity contribution < 1.29 is 4.79 Å². The number of hydrogen-bond donors (Lipinski definition) is 3. The Morgan fingerprint density at radius 3 is 2.47 bits per heavy atom. The first-order valence-corrected chi connectivity index (χ1v) is 11.7. The molecule has 0 spiro atoms. The van der Waals surface area contributed by atoms with Crippen molar-refractivity contribution in [1.29, 1.82) is 0 Å². The molecule has 4 rings (SSSR count). The fourth-order valence-electron chi connectivity index (χ4n) is 4.62. The number of benzene rings is 2. The third kappa shape index (κ3) is 5.35. The predicted octanol–water partition coefficient (Wildman–Crippen LogP) is 5.55. The third-order valence-corrected chi connectivity index (χ3v) is 6.71. The Kier molecular flexibility index (Phi) is 7.29. The molecule has 0 bridgehead atoms. The first kappa shape index (κ1) is 21.2. The number of hydrogen-bond acceptors (Lipinski definition) is 3. The largest absolute Gasteiger partial charge is 0.380 e. The van der Waals surface area contributed by atoms with Gasteiger partial charge in [0.2, 0.25) is 5.91 Å². The van der Waals surface area contributed by atoms with Gasteiger partial charge in [-0.3, -0.25) is 4.79 Å². The van der Waals surface area contributed by atoms with Crippen molar-refractivity contribution in [3.8, 4) is 0 Å². The SMILES string of the molecule is O=C(Nc1ccc(CNc2c(Cl)ccc3c2CCNCC3)cc1)C1CCCCCC1. The van der Waals surface area contributed by atoms with Crippen molar-refractivity contribution in [3.63, 3.8) is 0 Å². The molecule has 3 N–H and O–H groups in total. The second kappa shape index (κ2) is 10.3. The van der Waals surface area contributed by atoms with Crippen molar-refractivity contribution in [2.75, 3.05) is 23.7 Å². The molecule has 2 aliphatic rings. The minimum absolute atomic E-state index is 0.166. The zero-order chi connectivity index (χ0) is 20.8. The minimum atomic E-state index is 0.166. The van der Waals surface area contributed by atoms with Crippen LogP contribution in [0.2, 0.25) is 5.02 Å². The van der Waals surface area contributed by atoms with Crippen molar-refractivity contribution in [3.05, 3.63) is 58.1 Å². The van der Waals surface area contributed by atoms with Gasteiger partial charge in [0.15, 0.2) is 0 Å². The Hall–Kier alpha value is -2.04. The summed E-state index contributed by atoms with van der Waals surface area (Å²) in [4.78, 5) is 12.6. The number of halogens is 1. The summed E-state index contributed by atoms with van der Waals surface area (Å²) in [5, 5.41) is 10.9. The molecule has 1 aliphatic carbocycles. The summed E-state index contributed by atoms with van der Waals surface area (Å²) in [6, 6.07) is 12.3. The van der Waals surface area contributed by atoms with Crippen LogP contribution in [0, 0.1) is 5.92 Å². The maximum absolute atomic E-state index is 12.6. The number of anilines is 2. The van der Waals surface area contributed by atoms with Crippen LogP contribution in [0.1, 0.15) is 55.2 Å². The van der Waals surface area contributed by atoms with Gasteiger partial charge in [-0.05, 0) is 73.7 Å². The molecule has 0 saturated heterocycles. The fraction of sp³-hybridized carbons (Fsp3) is 0.480. The van der Waals surface area contributed by atoms with Crippen LogP contribution in [0.5, 0.6) is 0 Å². The van der Waals surface area contributed by atoms with Gasteiger partial charge in [-0.15, -0.1) is 0 Å². The normalized spacial score (nSPS) is 17.5. The molecule has 1 aliphatic heterocycles. The molecular formula is C25H32ClN3O. The van der Waals surface area contributed by atoms with E-state index in [-0.39, 0.29) is 11.8 Å². The van der Waals surface area contributed by atoms with Gasteiger partial charge >= 0.3 is 0 Å². The minimum Gasteiger partial charge on any atom is -0.380 e. The summed E-state index contributed by atoms with van der Waals surface area (Å²) in [7, 11) is 0. The smallest absolute Gasteiger partial charge is 0.227 e. The van der Waals surface area contributed by atoms with Gasteiger partial charge in [-0.2, -0.15) is 0 Å². The molecule has 5 heteroatoms. The van der Waals surface area contributed by atoms with E-state index in [9.17, 15) is 4.79 Å². The molecule has 1 amide bonds. The van der Waals surface area contributed by atoms with Crippen LogP contribution >= 0.6 is 11.6 Å². The average molecular weight is 426 g/mol. The number of carbonyl (C=O) groups is 1. The van der Waals surface area contributed by atoms with Crippen LogP contribution < -0.4 is 16.0 Å². The maximum atomic E-state index is 12.6. The number of fused-ring (bicyclic) bond motifs is 1. The Balaban J connectivity index is 1.37. The van der Waals surface area contributed by atoms with Crippen molar-refractivity contribution in [2.24, 2.45) is 5.92 Å². The number of nitrogens with one attached hydrogen (secondary N) is 3. The highest BCUT2D eigenvalue weighted by Gasteiger charge is 2.20. The molecule has 0 aromatic heterocycles. The number of rotatable bonds is 5. The molecule has 1 fully saturated rings. The molecule has 160 valence electrons. The van der Waals surface area contributed by atoms with Gasteiger partial charge in [0.1, 0.15) is 0 Å². The molecule has 4 nitrogen and oxygen atoms in total. The summed E-state index contributed by atoms with van der Waals surface area (Å²) in [6.45, 7) is 2.71. The molecular weight excluding hydrogens is 394 g/mol. The lowest BCUT2D eigenvalue weighted by Crippen LogP contribution is -2.22. The molecule has 0 radical (unpaired) electrons. The van der Waals surface area contributed by atoms with Gasteiger partial charge in [0.05, 0.1) is 10.7 Å². The van der Waals surface area contributed by atoms with Gasteiger partial charge < -0.3 is 16.0 Å². The van der Waals surface area contributed by atoms with Crippen LogP contribution in [0.15, 0.2) is 36.4 Å². The lowest BCUT2D eigenvalue weighted by atomic mass is 9.99. The Morgan fingerprint density at radius 2 is 1.70 bits per heavy atom. The van der Waals surface area contributed by atoms with Gasteiger partial charge in [-0.1, -0.05) is 55.5 Å². The predicted molar refractivity (Wildman–Crippen MR) is 125 cm³/mol. The summed E-state index contributed by atoms with van der Waals surface area (Å²) in [6.07, 6.45) is 8.93. The lowest BCUT2D eigenvalue weighted by molar-refractivity contribution is -0.120. The van der Waals surface area contributed by atoms with E-state index < -0.39 is 0 Å². The zero-order valence-electron chi connectivity index (χ0n) is 17.6. The highest BCUT2D eigenvalue weighted by atomic mass is 35.5. The van der Waals surface area contributed by atoms with Crippen LogP contribution in [-0.4, -0.2) is 19.0 Å². The van der Waals surface area contributed by atoms with Crippen molar-refractivity contribution in [1.82, 2.24) is 5.32 Å². The van der Waals surface area contributed by atoms with Gasteiger partial charge in [0, 0.05) is 18.2 Å². The summed E-state index contributed by atoms with van der Waals surface area (Å²) in [5.41, 5.74) is 5.82. The Labute approximate surface area is 184 Å². The second-order valence-corrected chi connectivity index (χ2v) is 8.95. The van der Waals surface area contributed by atoms with Crippen molar-refractivity contribution >= 4 is 28.9 Å². The fourth-order valence-corrected chi connectivity index (χ4v) is 4.86. The Morgan fingerprint density at radius 1 is 0.967 bits per heavy atom. The number of carbonyl (C=O) groups excluding carboxylic acids is 1. The monoisotopic (exact) mass is 425 g/mol. The molecule has 30 heavy (non-hydrogen) atoms. The van der Waals surface area contributed by atoms with E-state index in [2.05, 4.69) is 34.1 Å². The van der Waals surface area contributed by atoms with Crippen LogP contribution in [0.25, 0.3) is 0 Å². The van der Waals surface area contributed by atoms with Crippen LogP contribution in [0.3, 0.4) is 0 Å². The van der Waals surface area contributed by atoms with Crippen LogP contribution in [0.4, 0.5) is 11.4 Å².